The van der Waals surface area contributed by atoms with Gasteiger partial charge < -0.3 is 14.8 Å². The lowest BCUT2D eigenvalue weighted by atomic mass is 10.0. The molecule has 1 aromatic rings. The Morgan fingerprint density at radius 2 is 2.47 bits per heavy atom. The highest BCUT2D eigenvalue weighted by Crippen LogP contribution is 2.15. The van der Waals surface area contributed by atoms with Crippen LogP contribution >= 0.6 is 0 Å². The highest BCUT2D eigenvalue weighted by Gasteiger charge is 2.20. The summed E-state index contributed by atoms with van der Waals surface area (Å²) in [7, 11) is 1.93. The lowest BCUT2D eigenvalue weighted by Crippen LogP contribution is -2.44. The summed E-state index contributed by atoms with van der Waals surface area (Å²) in [5.74, 6) is 1.49. The van der Waals surface area contributed by atoms with Crippen LogP contribution in [-0.2, 0) is 13.6 Å². The Hall–Kier alpha value is -1.52. The predicted molar refractivity (Wildman–Crippen MR) is 65.4 cm³/mol. The van der Waals surface area contributed by atoms with Crippen molar-refractivity contribution in [3.63, 3.8) is 0 Å². The maximum absolute atomic E-state index is 11.9. The molecular weight excluding hydrogens is 216 g/mol. The first-order valence-corrected chi connectivity index (χ1v) is 6.16. The number of imidazole rings is 1. The summed E-state index contributed by atoms with van der Waals surface area (Å²) < 4.78 is 1.92. The van der Waals surface area contributed by atoms with E-state index in [1.54, 1.807) is 6.20 Å². The average Bonchev–Trinajstić information content (AvgIpc) is 2.72. The molecule has 5 heteroatoms. The number of aryl methyl sites for hydroxylation is 1. The van der Waals surface area contributed by atoms with Crippen LogP contribution in [0.15, 0.2) is 12.4 Å². The summed E-state index contributed by atoms with van der Waals surface area (Å²) in [6.45, 7) is 4.43. The lowest BCUT2D eigenvalue weighted by molar-refractivity contribution is 0.169. The summed E-state index contributed by atoms with van der Waals surface area (Å²) in [4.78, 5) is 18.0. The minimum Gasteiger partial charge on any atom is -0.337 e. The fourth-order valence-corrected chi connectivity index (χ4v) is 2.21. The number of carbonyl (C=O) groups excluding carboxylic acids is 1. The van der Waals surface area contributed by atoms with E-state index in [4.69, 9.17) is 0 Å². The molecule has 2 rings (SSSR count). The Labute approximate surface area is 102 Å². The fraction of sp³-hybridized carbons (Fsp3) is 0.667. The molecule has 1 unspecified atom stereocenters. The maximum atomic E-state index is 11.9. The first-order chi connectivity index (χ1) is 8.16. The van der Waals surface area contributed by atoms with Crippen molar-refractivity contribution in [1.29, 1.82) is 0 Å². The Kier molecular flexibility index (Phi) is 3.66. The molecule has 1 aliphatic rings. The molecule has 0 spiro atoms. The van der Waals surface area contributed by atoms with E-state index in [0.29, 0.717) is 12.5 Å². The molecule has 0 saturated carbocycles. The standard InChI is InChI=1S/C12H20N4O/c1-10-4-3-6-16(9-10)12(17)14-8-11-13-5-7-15(11)2/h5,7,10H,3-4,6,8-9H2,1-2H3,(H,14,17). The average molecular weight is 236 g/mol. The topological polar surface area (TPSA) is 50.2 Å². The zero-order valence-electron chi connectivity index (χ0n) is 10.5. The van der Waals surface area contributed by atoms with E-state index < -0.39 is 0 Å². The van der Waals surface area contributed by atoms with Gasteiger partial charge in [-0.2, -0.15) is 0 Å². The molecule has 17 heavy (non-hydrogen) atoms. The van der Waals surface area contributed by atoms with Crippen LogP contribution in [0.5, 0.6) is 0 Å². The SMILES string of the molecule is CC1CCCN(C(=O)NCc2nccn2C)C1. The molecule has 0 bridgehead atoms. The van der Waals surface area contributed by atoms with E-state index in [9.17, 15) is 4.79 Å². The van der Waals surface area contributed by atoms with Crippen molar-refractivity contribution in [3.8, 4) is 0 Å². The molecule has 0 aliphatic carbocycles. The smallest absolute Gasteiger partial charge is 0.317 e. The first-order valence-electron chi connectivity index (χ1n) is 6.16. The number of rotatable bonds is 2. The van der Waals surface area contributed by atoms with Gasteiger partial charge in [-0.15, -0.1) is 0 Å². The third-order valence-electron chi connectivity index (χ3n) is 3.26. The second kappa shape index (κ2) is 5.21. The van der Waals surface area contributed by atoms with Crippen LogP contribution in [0.3, 0.4) is 0 Å². The van der Waals surface area contributed by atoms with Crippen molar-refractivity contribution in [2.75, 3.05) is 13.1 Å². The second-order valence-corrected chi connectivity index (χ2v) is 4.81. The van der Waals surface area contributed by atoms with Gasteiger partial charge in [0.25, 0.3) is 0 Å². The molecule has 1 saturated heterocycles. The summed E-state index contributed by atoms with van der Waals surface area (Å²) in [6.07, 6.45) is 5.95. The van der Waals surface area contributed by atoms with E-state index in [0.717, 1.165) is 25.3 Å². The Bertz CT molecular complexity index is 388. The van der Waals surface area contributed by atoms with Crippen molar-refractivity contribution in [2.45, 2.75) is 26.3 Å². The number of urea groups is 1. The van der Waals surface area contributed by atoms with Crippen LogP contribution in [0.1, 0.15) is 25.6 Å². The van der Waals surface area contributed by atoms with Crippen LogP contribution in [0, 0.1) is 5.92 Å². The normalized spacial score (nSPS) is 20.4. The zero-order valence-corrected chi connectivity index (χ0v) is 10.5. The highest BCUT2D eigenvalue weighted by molar-refractivity contribution is 5.74. The number of likely N-dealkylation sites (tertiary alicyclic amines) is 1. The summed E-state index contributed by atoms with van der Waals surface area (Å²) in [6, 6.07) is 0.0274. The summed E-state index contributed by atoms with van der Waals surface area (Å²) in [5, 5.41) is 2.92. The van der Waals surface area contributed by atoms with Gasteiger partial charge in [0.15, 0.2) is 0 Å². The van der Waals surface area contributed by atoms with Gasteiger partial charge in [0.2, 0.25) is 0 Å². The number of amides is 2. The molecule has 1 aromatic heterocycles. The van der Waals surface area contributed by atoms with Gasteiger partial charge in [0, 0.05) is 32.5 Å². The fourth-order valence-electron chi connectivity index (χ4n) is 2.21. The highest BCUT2D eigenvalue weighted by atomic mass is 16.2. The molecule has 0 radical (unpaired) electrons. The minimum atomic E-state index is 0.0274. The molecule has 1 fully saturated rings. The Morgan fingerprint density at radius 3 is 3.12 bits per heavy atom. The Morgan fingerprint density at radius 1 is 1.65 bits per heavy atom. The number of hydrogen-bond donors (Lipinski definition) is 1. The number of aromatic nitrogens is 2. The van der Waals surface area contributed by atoms with Gasteiger partial charge in [0.1, 0.15) is 5.82 Å². The number of carbonyl (C=O) groups is 1. The second-order valence-electron chi connectivity index (χ2n) is 4.81. The van der Waals surface area contributed by atoms with Gasteiger partial charge in [0.05, 0.1) is 6.54 Å². The van der Waals surface area contributed by atoms with E-state index in [-0.39, 0.29) is 6.03 Å². The van der Waals surface area contributed by atoms with E-state index >= 15 is 0 Å². The van der Waals surface area contributed by atoms with Gasteiger partial charge in [-0.05, 0) is 18.8 Å². The molecule has 94 valence electrons. The molecule has 1 aliphatic heterocycles. The summed E-state index contributed by atoms with van der Waals surface area (Å²) >= 11 is 0. The molecular formula is C12H20N4O. The molecule has 0 aromatic carbocycles. The van der Waals surface area contributed by atoms with Crippen molar-refractivity contribution in [1.82, 2.24) is 19.8 Å². The molecule has 2 amide bonds. The van der Waals surface area contributed by atoms with Crippen LogP contribution in [0.2, 0.25) is 0 Å². The van der Waals surface area contributed by atoms with Gasteiger partial charge in [-0.25, -0.2) is 9.78 Å². The van der Waals surface area contributed by atoms with Crippen molar-refractivity contribution >= 4 is 6.03 Å². The third kappa shape index (κ3) is 2.99. The number of piperidine rings is 1. The largest absolute Gasteiger partial charge is 0.337 e. The molecule has 5 nitrogen and oxygen atoms in total. The number of hydrogen-bond acceptors (Lipinski definition) is 2. The van der Waals surface area contributed by atoms with Gasteiger partial charge in [-0.1, -0.05) is 6.92 Å². The van der Waals surface area contributed by atoms with Crippen LogP contribution in [0.4, 0.5) is 4.79 Å². The summed E-state index contributed by atoms with van der Waals surface area (Å²) in [5.41, 5.74) is 0. The van der Waals surface area contributed by atoms with Crippen molar-refractivity contribution < 1.29 is 4.79 Å². The minimum absolute atomic E-state index is 0.0274. The van der Waals surface area contributed by atoms with Crippen LogP contribution in [-0.4, -0.2) is 33.6 Å². The number of nitrogens with one attached hydrogen (secondary N) is 1. The van der Waals surface area contributed by atoms with Crippen molar-refractivity contribution in [2.24, 2.45) is 13.0 Å². The molecule has 1 atom stereocenters. The van der Waals surface area contributed by atoms with Gasteiger partial charge in [-0.3, -0.25) is 0 Å². The zero-order chi connectivity index (χ0) is 12.3. The van der Waals surface area contributed by atoms with Crippen molar-refractivity contribution in [3.05, 3.63) is 18.2 Å². The van der Waals surface area contributed by atoms with E-state index in [1.807, 2.05) is 22.7 Å². The van der Waals surface area contributed by atoms with E-state index in [2.05, 4.69) is 17.2 Å². The number of nitrogens with zero attached hydrogens (tertiary/aromatic N) is 3. The third-order valence-corrected chi connectivity index (χ3v) is 3.26. The predicted octanol–water partition coefficient (Wildman–Crippen LogP) is 1.36. The van der Waals surface area contributed by atoms with E-state index in [1.165, 1.54) is 6.42 Å². The quantitative estimate of drug-likeness (QED) is 0.843. The van der Waals surface area contributed by atoms with Crippen LogP contribution in [0.25, 0.3) is 0 Å². The maximum Gasteiger partial charge on any atom is 0.317 e. The monoisotopic (exact) mass is 236 g/mol. The van der Waals surface area contributed by atoms with Crippen LogP contribution < -0.4 is 5.32 Å². The lowest BCUT2D eigenvalue weighted by Gasteiger charge is -2.30. The molecule has 1 N–H and O–H groups in total. The first kappa shape index (κ1) is 12.0. The molecule has 2 heterocycles. The van der Waals surface area contributed by atoms with Gasteiger partial charge >= 0.3 is 6.03 Å². The Balaban J connectivity index is 1.83.